The number of hydrogen-bond donors (Lipinski definition) is 2. The Bertz CT molecular complexity index is 1020. The molecule has 2 aromatic rings. The second-order valence-electron chi connectivity index (χ2n) is 8.31. The standard InChI is InChI=1S/C25H28F3N3O4/c1-35-15-12-29-23(33)21(30-22(32)18-6-3-2-4-7-18)17-10-13-31(14-11-17)24(34)19-8-5-9-20(16-19)25(26,27)28/h2-9,16-17,21H,10-15H2,1H3,(H,29,33)(H,30,32)/t21-/m0/s1. The molecule has 0 radical (unpaired) electrons. The first-order valence-corrected chi connectivity index (χ1v) is 11.3. The zero-order valence-electron chi connectivity index (χ0n) is 19.3. The maximum absolute atomic E-state index is 13.0. The van der Waals surface area contributed by atoms with Crippen LogP contribution in [0.15, 0.2) is 54.6 Å². The Hall–Kier alpha value is -3.40. The molecule has 0 spiro atoms. The third-order valence-corrected chi connectivity index (χ3v) is 5.95. The minimum atomic E-state index is -4.54. The van der Waals surface area contributed by atoms with Gasteiger partial charge in [0.05, 0.1) is 12.2 Å². The molecule has 0 saturated carbocycles. The van der Waals surface area contributed by atoms with Crippen LogP contribution in [0.5, 0.6) is 0 Å². The molecule has 1 fully saturated rings. The summed E-state index contributed by atoms with van der Waals surface area (Å²) in [5, 5.41) is 5.56. The van der Waals surface area contributed by atoms with E-state index in [0.29, 0.717) is 25.0 Å². The molecule has 0 unspecified atom stereocenters. The second-order valence-corrected chi connectivity index (χ2v) is 8.31. The zero-order chi connectivity index (χ0) is 25.4. The van der Waals surface area contributed by atoms with E-state index in [-0.39, 0.29) is 42.9 Å². The molecule has 3 rings (SSSR count). The molecule has 0 aromatic heterocycles. The Labute approximate surface area is 201 Å². The summed E-state index contributed by atoms with van der Waals surface area (Å²) in [7, 11) is 1.51. The fourth-order valence-corrected chi connectivity index (χ4v) is 4.04. The first-order chi connectivity index (χ1) is 16.7. The number of amides is 3. The summed E-state index contributed by atoms with van der Waals surface area (Å²) in [6.07, 6.45) is -3.73. The summed E-state index contributed by atoms with van der Waals surface area (Å²) in [4.78, 5) is 39.9. The van der Waals surface area contributed by atoms with Crippen LogP contribution in [0, 0.1) is 5.92 Å². The van der Waals surface area contributed by atoms with E-state index in [1.54, 1.807) is 30.3 Å². The number of alkyl halides is 3. The number of carbonyl (C=O) groups excluding carboxylic acids is 3. The average molecular weight is 492 g/mol. The van der Waals surface area contributed by atoms with Gasteiger partial charge in [-0.25, -0.2) is 0 Å². The molecule has 2 aromatic carbocycles. The minimum absolute atomic E-state index is 0.0375. The predicted octanol–water partition coefficient (Wildman–Crippen LogP) is 3.12. The van der Waals surface area contributed by atoms with E-state index < -0.39 is 23.7 Å². The third-order valence-electron chi connectivity index (χ3n) is 5.95. The Balaban J connectivity index is 1.68. The van der Waals surface area contributed by atoms with Crippen LogP contribution in [0.3, 0.4) is 0 Å². The number of likely N-dealkylation sites (tertiary alicyclic amines) is 1. The smallest absolute Gasteiger partial charge is 0.383 e. The molecule has 35 heavy (non-hydrogen) atoms. The molecule has 0 bridgehead atoms. The van der Waals surface area contributed by atoms with Gasteiger partial charge >= 0.3 is 6.18 Å². The lowest BCUT2D eigenvalue weighted by Crippen LogP contribution is -2.54. The van der Waals surface area contributed by atoms with E-state index >= 15 is 0 Å². The van der Waals surface area contributed by atoms with Crippen molar-refractivity contribution in [3.63, 3.8) is 0 Å². The van der Waals surface area contributed by atoms with E-state index in [9.17, 15) is 27.6 Å². The summed E-state index contributed by atoms with van der Waals surface area (Å²) in [6.45, 7) is 1.10. The van der Waals surface area contributed by atoms with Crippen molar-refractivity contribution in [2.24, 2.45) is 5.92 Å². The number of benzene rings is 2. The highest BCUT2D eigenvalue weighted by molar-refractivity contribution is 5.97. The zero-order valence-corrected chi connectivity index (χ0v) is 19.3. The van der Waals surface area contributed by atoms with Crippen LogP contribution >= 0.6 is 0 Å². The summed E-state index contributed by atoms with van der Waals surface area (Å²) in [5.41, 5.74) is -0.501. The van der Waals surface area contributed by atoms with Gasteiger partial charge in [0.15, 0.2) is 0 Å². The van der Waals surface area contributed by atoms with Crippen molar-refractivity contribution in [1.82, 2.24) is 15.5 Å². The lowest BCUT2D eigenvalue weighted by molar-refractivity contribution is -0.137. The van der Waals surface area contributed by atoms with Crippen molar-refractivity contribution in [2.45, 2.75) is 25.1 Å². The number of rotatable bonds is 8. The molecule has 1 saturated heterocycles. The van der Waals surface area contributed by atoms with E-state index in [1.165, 1.54) is 24.1 Å². The highest BCUT2D eigenvalue weighted by Crippen LogP contribution is 2.30. The van der Waals surface area contributed by atoms with Crippen LogP contribution in [-0.4, -0.2) is 62.0 Å². The van der Waals surface area contributed by atoms with Crippen LogP contribution in [0.25, 0.3) is 0 Å². The summed E-state index contributed by atoms with van der Waals surface area (Å²) < 4.78 is 44.0. The third kappa shape index (κ3) is 7.05. The fraction of sp³-hybridized carbons (Fsp3) is 0.400. The van der Waals surface area contributed by atoms with E-state index in [0.717, 1.165) is 12.1 Å². The fourth-order valence-electron chi connectivity index (χ4n) is 4.04. The Kier molecular flexibility index (Phi) is 8.86. The summed E-state index contributed by atoms with van der Waals surface area (Å²) in [6, 6.07) is 12.0. The SMILES string of the molecule is COCCNC(=O)[C@@H](NC(=O)c1ccccc1)C1CCN(C(=O)c2cccc(C(F)(F)F)c2)CC1. The van der Waals surface area contributed by atoms with Gasteiger partial charge in [-0.05, 0) is 49.1 Å². The van der Waals surface area contributed by atoms with Gasteiger partial charge in [0.25, 0.3) is 11.8 Å². The van der Waals surface area contributed by atoms with Crippen LogP contribution < -0.4 is 10.6 Å². The van der Waals surface area contributed by atoms with Crippen LogP contribution in [0.2, 0.25) is 0 Å². The molecule has 10 heteroatoms. The second kappa shape index (κ2) is 11.8. The van der Waals surface area contributed by atoms with Crippen LogP contribution in [0.1, 0.15) is 39.1 Å². The molecule has 1 aliphatic heterocycles. The number of hydrogen-bond acceptors (Lipinski definition) is 4. The number of ether oxygens (including phenoxy) is 1. The van der Waals surface area contributed by atoms with Gasteiger partial charge in [-0.3, -0.25) is 14.4 Å². The topological polar surface area (TPSA) is 87.7 Å². The Morgan fingerprint density at radius 3 is 2.31 bits per heavy atom. The number of methoxy groups -OCH3 is 1. The normalized spacial score (nSPS) is 15.4. The monoisotopic (exact) mass is 491 g/mol. The van der Waals surface area contributed by atoms with Crippen molar-refractivity contribution < 1.29 is 32.3 Å². The van der Waals surface area contributed by atoms with Gasteiger partial charge in [-0.15, -0.1) is 0 Å². The van der Waals surface area contributed by atoms with Crippen LogP contribution in [-0.2, 0) is 15.7 Å². The molecule has 188 valence electrons. The van der Waals surface area contributed by atoms with E-state index in [2.05, 4.69) is 10.6 Å². The first kappa shape index (κ1) is 26.2. The Morgan fingerprint density at radius 2 is 1.69 bits per heavy atom. The number of nitrogens with zero attached hydrogens (tertiary/aromatic N) is 1. The van der Waals surface area contributed by atoms with Gasteiger partial charge in [-0.1, -0.05) is 24.3 Å². The largest absolute Gasteiger partial charge is 0.416 e. The molecule has 2 N–H and O–H groups in total. The van der Waals surface area contributed by atoms with E-state index in [4.69, 9.17) is 4.74 Å². The van der Waals surface area contributed by atoms with Gasteiger partial charge in [0, 0.05) is 37.9 Å². The molecule has 1 atom stereocenters. The first-order valence-electron chi connectivity index (χ1n) is 11.3. The number of halogens is 3. The maximum Gasteiger partial charge on any atom is 0.416 e. The number of piperidine rings is 1. The van der Waals surface area contributed by atoms with Gasteiger partial charge in [0.2, 0.25) is 5.91 Å². The molecule has 1 aliphatic rings. The van der Waals surface area contributed by atoms with E-state index in [1.807, 2.05) is 0 Å². The molecule has 3 amide bonds. The molecular formula is C25H28F3N3O4. The maximum atomic E-state index is 13.0. The molecule has 0 aliphatic carbocycles. The summed E-state index contributed by atoms with van der Waals surface area (Å²) in [5.74, 6) is -1.49. The minimum Gasteiger partial charge on any atom is -0.383 e. The van der Waals surface area contributed by atoms with Crippen molar-refractivity contribution in [3.05, 3.63) is 71.3 Å². The molecule has 1 heterocycles. The quantitative estimate of drug-likeness (QED) is 0.556. The highest BCUT2D eigenvalue weighted by Gasteiger charge is 2.35. The van der Waals surface area contributed by atoms with Gasteiger partial charge in [-0.2, -0.15) is 13.2 Å². The van der Waals surface area contributed by atoms with Crippen molar-refractivity contribution in [3.8, 4) is 0 Å². The van der Waals surface area contributed by atoms with Crippen molar-refractivity contribution in [2.75, 3.05) is 33.4 Å². The number of carbonyl (C=O) groups is 3. The summed E-state index contributed by atoms with van der Waals surface area (Å²) >= 11 is 0. The van der Waals surface area contributed by atoms with Gasteiger partial charge < -0.3 is 20.3 Å². The highest BCUT2D eigenvalue weighted by atomic mass is 19.4. The van der Waals surface area contributed by atoms with Crippen molar-refractivity contribution >= 4 is 17.7 Å². The Morgan fingerprint density at radius 1 is 1.03 bits per heavy atom. The predicted molar refractivity (Wildman–Crippen MR) is 123 cm³/mol. The number of nitrogens with one attached hydrogen (secondary N) is 2. The molecular weight excluding hydrogens is 463 g/mol. The lowest BCUT2D eigenvalue weighted by atomic mass is 9.88. The van der Waals surface area contributed by atoms with Crippen LogP contribution in [0.4, 0.5) is 13.2 Å². The van der Waals surface area contributed by atoms with Crippen molar-refractivity contribution in [1.29, 1.82) is 0 Å². The lowest BCUT2D eigenvalue weighted by Gasteiger charge is -2.36. The average Bonchev–Trinajstić information content (AvgIpc) is 2.87. The molecule has 7 nitrogen and oxygen atoms in total. The van der Waals surface area contributed by atoms with Gasteiger partial charge in [0.1, 0.15) is 6.04 Å².